The fourth-order valence-electron chi connectivity index (χ4n) is 2.23. The van der Waals surface area contributed by atoms with E-state index in [9.17, 15) is 18.0 Å². The number of rotatable bonds is 5. The topological polar surface area (TPSA) is 48.4 Å². The Morgan fingerprint density at radius 1 is 1.11 bits per heavy atom. The van der Waals surface area contributed by atoms with Crippen molar-refractivity contribution in [3.8, 4) is 17.0 Å². The number of hydrogen-bond donors (Lipinski definition) is 0. The number of carbonyl (C=O) groups is 1. The van der Waals surface area contributed by atoms with E-state index in [0.29, 0.717) is 5.56 Å². The number of pyridine rings is 1. The molecule has 2 aromatic rings. The Bertz CT molecular complexity index is 885. The molecule has 9 heteroatoms. The first-order valence-corrected chi connectivity index (χ1v) is 8.94. The van der Waals surface area contributed by atoms with Crippen molar-refractivity contribution in [2.24, 2.45) is 0 Å². The van der Waals surface area contributed by atoms with Crippen molar-refractivity contribution >= 4 is 29.2 Å². The van der Waals surface area contributed by atoms with E-state index in [4.69, 9.17) is 32.7 Å². The van der Waals surface area contributed by atoms with Crippen molar-refractivity contribution in [3.05, 3.63) is 45.6 Å². The minimum atomic E-state index is -3.35. The molecule has 1 aromatic heterocycles. The fourth-order valence-corrected chi connectivity index (χ4v) is 2.53. The van der Waals surface area contributed by atoms with Gasteiger partial charge in [0, 0.05) is 5.56 Å². The van der Waals surface area contributed by atoms with Crippen LogP contribution in [0.25, 0.3) is 11.3 Å². The van der Waals surface area contributed by atoms with Gasteiger partial charge in [0.05, 0.1) is 10.0 Å². The molecule has 0 fully saturated rings. The van der Waals surface area contributed by atoms with Gasteiger partial charge in [0.2, 0.25) is 0 Å². The molecule has 28 heavy (non-hydrogen) atoms. The second kappa shape index (κ2) is 8.57. The summed E-state index contributed by atoms with van der Waals surface area (Å²) in [5.41, 5.74) is -0.307. The predicted octanol–water partition coefficient (Wildman–Crippen LogP) is 6.26. The van der Waals surface area contributed by atoms with E-state index in [0.717, 1.165) is 0 Å². The summed E-state index contributed by atoms with van der Waals surface area (Å²) in [4.78, 5) is 16.7. The van der Waals surface area contributed by atoms with Crippen LogP contribution in [0.1, 0.15) is 36.8 Å². The molecule has 0 saturated carbocycles. The molecule has 0 aliphatic rings. The largest absolute Gasteiger partial charge is 0.455 e. The summed E-state index contributed by atoms with van der Waals surface area (Å²) in [6.45, 7) is 6.57. The Kier molecular flexibility index (Phi) is 6.83. The lowest BCUT2D eigenvalue weighted by molar-refractivity contribution is -0.0667. The fraction of sp³-hybridized carbons (Fsp3) is 0.368. The highest BCUT2D eigenvalue weighted by molar-refractivity contribution is 6.42. The van der Waals surface area contributed by atoms with Gasteiger partial charge < -0.3 is 9.47 Å². The highest BCUT2D eigenvalue weighted by Crippen LogP contribution is 2.35. The van der Waals surface area contributed by atoms with E-state index in [1.807, 2.05) is 0 Å². The summed E-state index contributed by atoms with van der Waals surface area (Å²) in [7, 11) is 0. The lowest BCUT2D eigenvalue weighted by Gasteiger charge is -2.21. The van der Waals surface area contributed by atoms with E-state index < -0.39 is 24.4 Å². The van der Waals surface area contributed by atoms with Gasteiger partial charge in [-0.15, -0.1) is 0 Å². The van der Waals surface area contributed by atoms with E-state index >= 15 is 0 Å². The first-order chi connectivity index (χ1) is 12.9. The van der Waals surface area contributed by atoms with Gasteiger partial charge in [0.25, 0.3) is 6.36 Å². The molecule has 0 amide bonds. The smallest absolute Gasteiger partial charge is 0.357 e. The summed E-state index contributed by atoms with van der Waals surface area (Å²) in [5, 5.41) is 0.417. The van der Waals surface area contributed by atoms with Crippen LogP contribution in [0, 0.1) is 6.92 Å². The summed E-state index contributed by atoms with van der Waals surface area (Å²) < 4.78 is 48.8. The van der Waals surface area contributed by atoms with Gasteiger partial charge in [0.15, 0.2) is 5.69 Å². The zero-order chi connectivity index (χ0) is 21.2. The maximum absolute atomic E-state index is 13.5. The second-order valence-corrected chi connectivity index (χ2v) is 7.75. The van der Waals surface area contributed by atoms with Crippen molar-refractivity contribution in [1.29, 1.82) is 0 Å². The molecule has 0 aliphatic heterocycles. The standard InChI is InChI=1S/C19H18Cl2F3NO3/c1-9-7-13(27-17(24)16(22)23)15(10-5-6-11(20)12(21)8-10)25-14(9)18(26)28-19(2,3)4/h5-8,16-17H,1-4H3. The van der Waals surface area contributed by atoms with E-state index in [-0.39, 0.29) is 32.7 Å². The molecule has 0 spiro atoms. The van der Waals surface area contributed by atoms with Gasteiger partial charge >= 0.3 is 12.4 Å². The molecule has 152 valence electrons. The number of aryl methyl sites for hydroxylation is 1. The number of hydrogen-bond acceptors (Lipinski definition) is 4. The Labute approximate surface area is 170 Å². The van der Waals surface area contributed by atoms with Gasteiger partial charge in [-0.3, -0.25) is 0 Å². The van der Waals surface area contributed by atoms with E-state index in [2.05, 4.69) is 4.98 Å². The van der Waals surface area contributed by atoms with Crippen molar-refractivity contribution < 1.29 is 27.4 Å². The summed E-state index contributed by atoms with van der Waals surface area (Å²) in [5.74, 6) is -0.987. The SMILES string of the molecule is Cc1cc(OC(F)C(F)F)c(-c2ccc(Cl)c(Cl)c2)nc1C(=O)OC(C)(C)C. The molecule has 4 nitrogen and oxygen atoms in total. The molecule has 0 aliphatic carbocycles. The van der Waals surface area contributed by atoms with Crippen LogP contribution in [0.15, 0.2) is 24.3 Å². The van der Waals surface area contributed by atoms with Gasteiger partial charge in [-0.25, -0.2) is 18.6 Å². The van der Waals surface area contributed by atoms with Crippen LogP contribution < -0.4 is 4.74 Å². The maximum Gasteiger partial charge on any atom is 0.357 e. The zero-order valence-electron chi connectivity index (χ0n) is 15.5. The zero-order valence-corrected chi connectivity index (χ0v) is 17.0. The van der Waals surface area contributed by atoms with Crippen molar-refractivity contribution in [2.45, 2.75) is 46.1 Å². The average Bonchev–Trinajstić information content (AvgIpc) is 2.55. The van der Waals surface area contributed by atoms with Crippen LogP contribution >= 0.6 is 23.2 Å². The monoisotopic (exact) mass is 435 g/mol. The van der Waals surface area contributed by atoms with Crippen molar-refractivity contribution in [1.82, 2.24) is 4.98 Å². The number of nitrogens with zero attached hydrogens (tertiary/aromatic N) is 1. The minimum Gasteiger partial charge on any atom is -0.455 e. The lowest BCUT2D eigenvalue weighted by Crippen LogP contribution is -2.25. The molecular weight excluding hydrogens is 418 g/mol. The van der Waals surface area contributed by atoms with Crippen LogP contribution in [0.5, 0.6) is 5.75 Å². The molecule has 1 aromatic carbocycles. The third-order valence-electron chi connectivity index (χ3n) is 3.40. The Morgan fingerprint density at radius 2 is 1.75 bits per heavy atom. The number of ether oxygens (including phenoxy) is 2. The number of aromatic nitrogens is 1. The number of benzene rings is 1. The number of halogens is 5. The summed E-state index contributed by atoms with van der Waals surface area (Å²) in [6, 6.07) is 5.60. The number of esters is 1. The highest BCUT2D eigenvalue weighted by atomic mass is 35.5. The number of carbonyl (C=O) groups excluding carboxylic acids is 1. The van der Waals surface area contributed by atoms with Crippen LogP contribution in [0.4, 0.5) is 13.2 Å². The minimum absolute atomic E-state index is 0.0478. The second-order valence-electron chi connectivity index (χ2n) is 6.93. The first-order valence-electron chi connectivity index (χ1n) is 8.18. The van der Waals surface area contributed by atoms with Gasteiger partial charge in [-0.05, 0) is 51.5 Å². The van der Waals surface area contributed by atoms with Gasteiger partial charge in [-0.1, -0.05) is 29.3 Å². The van der Waals surface area contributed by atoms with Crippen molar-refractivity contribution in [3.63, 3.8) is 0 Å². The van der Waals surface area contributed by atoms with Gasteiger partial charge in [0.1, 0.15) is 17.0 Å². The molecule has 1 unspecified atom stereocenters. The summed E-state index contributed by atoms with van der Waals surface area (Å²) >= 11 is 11.9. The quantitative estimate of drug-likeness (QED) is 0.520. The third-order valence-corrected chi connectivity index (χ3v) is 4.14. The molecule has 1 atom stereocenters. The maximum atomic E-state index is 13.5. The highest BCUT2D eigenvalue weighted by Gasteiger charge is 2.27. The molecular formula is C19H18Cl2F3NO3. The molecule has 0 radical (unpaired) electrons. The van der Waals surface area contributed by atoms with E-state index in [1.54, 1.807) is 20.8 Å². The normalized spacial score (nSPS) is 12.8. The predicted molar refractivity (Wildman–Crippen MR) is 101 cm³/mol. The molecule has 2 rings (SSSR count). The van der Waals surface area contributed by atoms with Crippen LogP contribution in [0.3, 0.4) is 0 Å². The lowest BCUT2D eigenvalue weighted by atomic mass is 10.1. The molecule has 1 heterocycles. The van der Waals surface area contributed by atoms with Crippen molar-refractivity contribution in [2.75, 3.05) is 0 Å². The first kappa shape index (κ1) is 22.3. The summed E-state index contributed by atoms with van der Waals surface area (Å²) in [6.07, 6.45) is -6.22. The van der Waals surface area contributed by atoms with Gasteiger partial charge in [-0.2, -0.15) is 4.39 Å². The van der Waals surface area contributed by atoms with Crippen LogP contribution in [-0.2, 0) is 4.74 Å². The Balaban J connectivity index is 2.60. The van der Waals surface area contributed by atoms with Crippen LogP contribution in [0.2, 0.25) is 10.0 Å². The molecule has 0 N–H and O–H groups in total. The molecule has 0 bridgehead atoms. The third kappa shape index (κ3) is 5.52. The Morgan fingerprint density at radius 3 is 2.29 bits per heavy atom. The Hall–Kier alpha value is -1.99. The number of alkyl halides is 3. The van der Waals surface area contributed by atoms with Crippen LogP contribution in [-0.4, -0.2) is 29.3 Å². The molecule has 0 saturated heterocycles. The average molecular weight is 436 g/mol. The van der Waals surface area contributed by atoms with E-state index in [1.165, 1.54) is 31.2 Å².